The summed E-state index contributed by atoms with van der Waals surface area (Å²) in [4.78, 5) is 32.1. The maximum Gasteiger partial charge on any atom is 0.408 e. The number of hydrogen-bond acceptors (Lipinski definition) is 4. The topological polar surface area (TPSA) is 105 Å². The van der Waals surface area contributed by atoms with E-state index in [1.807, 2.05) is 30.3 Å². The molecule has 0 spiro atoms. The molecule has 0 saturated heterocycles. The zero-order valence-electron chi connectivity index (χ0n) is 13.2. The molecule has 2 rings (SSSR count). The molecular weight excluding hydrogens is 300 g/mol. The van der Waals surface area contributed by atoms with Crippen LogP contribution in [0.2, 0.25) is 0 Å². The second-order valence-corrected chi connectivity index (χ2v) is 5.23. The van der Waals surface area contributed by atoms with Crippen molar-refractivity contribution >= 4 is 18.0 Å². The van der Waals surface area contributed by atoms with E-state index >= 15 is 0 Å². The maximum absolute atomic E-state index is 11.6. The number of amides is 2. The molecule has 0 aromatic heterocycles. The van der Waals surface area contributed by atoms with Crippen molar-refractivity contribution in [1.29, 1.82) is 0 Å². The Bertz CT molecular complexity index is 525. The molecule has 1 fully saturated rings. The van der Waals surface area contributed by atoms with Crippen LogP contribution in [-0.2, 0) is 20.9 Å². The third kappa shape index (κ3) is 9.13. The maximum atomic E-state index is 11.6. The molecule has 1 atom stereocenters. The summed E-state index contributed by atoms with van der Waals surface area (Å²) in [5.74, 6) is -1.00. The van der Waals surface area contributed by atoms with Gasteiger partial charge in [0.1, 0.15) is 12.6 Å². The van der Waals surface area contributed by atoms with Crippen LogP contribution >= 0.6 is 0 Å². The summed E-state index contributed by atoms with van der Waals surface area (Å²) >= 11 is 0. The molecule has 0 heterocycles. The molecule has 1 unspecified atom stereocenters. The highest BCUT2D eigenvalue weighted by Crippen LogP contribution is 2.18. The first-order valence-electron chi connectivity index (χ1n) is 7.35. The minimum atomic E-state index is -0.833. The van der Waals surface area contributed by atoms with E-state index in [-0.39, 0.29) is 18.6 Å². The van der Waals surface area contributed by atoms with E-state index in [1.54, 1.807) is 6.92 Å². The van der Waals surface area contributed by atoms with E-state index in [0.717, 1.165) is 25.3 Å². The van der Waals surface area contributed by atoms with E-state index < -0.39 is 18.1 Å². The highest BCUT2D eigenvalue weighted by Gasteiger charge is 2.26. The van der Waals surface area contributed by atoms with Crippen LogP contribution in [0.15, 0.2) is 30.3 Å². The highest BCUT2D eigenvalue weighted by atomic mass is 16.5. The first-order valence-corrected chi connectivity index (χ1v) is 7.35. The smallest absolute Gasteiger partial charge is 0.408 e. The van der Waals surface area contributed by atoms with Crippen molar-refractivity contribution in [2.45, 2.75) is 45.4 Å². The first-order chi connectivity index (χ1) is 10.9. The van der Waals surface area contributed by atoms with Crippen molar-refractivity contribution in [2.75, 3.05) is 0 Å². The lowest BCUT2D eigenvalue weighted by Crippen LogP contribution is -2.45. The van der Waals surface area contributed by atoms with Gasteiger partial charge in [0.15, 0.2) is 0 Å². The van der Waals surface area contributed by atoms with Gasteiger partial charge >= 0.3 is 6.09 Å². The molecule has 3 N–H and O–H groups in total. The molecule has 0 aliphatic heterocycles. The van der Waals surface area contributed by atoms with E-state index in [4.69, 9.17) is 14.6 Å². The zero-order chi connectivity index (χ0) is 17.2. The van der Waals surface area contributed by atoms with E-state index in [2.05, 4.69) is 10.6 Å². The summed E-state index contributed by atoms with van der Waals surface area (Å²) in [6, 6.07) is 9.10. The van der Waals surface area contributed by atoms with Gasteiger partial charge in [0.05, 0.1) is 0 Å². The van der Waals surface area contributed by atoms with Crippen LogP contribution in [-0.4, -0.2) is 35.2 Å². The molecule has 1 saturated carbocycles. The Balaban J connectivity index is 0.000000593. The third-order valence-corrected chi connectivity index (χ3v) is 2.86. The largest absolute Gasteiger partial charge is 0.481 e. The molecule has 0 bridgehead atoms. The predicted octanol–water partition coefficient (Wildman–Crippen LogP) is 1.67. The number of rotatable bonds is 5. The number of carboxylic acids is 1. The number of benzene rings is 1. The van der Waals surface area contributed by atoms with Gasteiger partial charge in [0.2, 0.25) is 5.91 Å². The predicted molar refractivity (Wildman–Crippen MR) is 83.7 cm³/mol. The third-order valence-electron chi connectivity index (χ3n) is 2.86. The van der Waals surface area contributed by atoms with Crippen LogP contribution < -0.4 is 10.6 Å². The minimum absolute atomic E-state index is 0.167. The van der Waals surface area contributed by atoms with E-state index in [9.17, 15) is 9.59 Å². The van der Waals surface area contributed by atoms with Crippen molar-refractivity contribution in [3.05, 3.63) is 35.9 Å². The van der Waals surface area contributed by atoms with Crippen molar-refractivity contribution in [1.82, 2.24) is 10.6 Å². The lowest BCUT2D eigenvalue weighted by atomic mass is 10.2. The Labute approximate surface area is 135 Å². The molecule has 1 aliphatic rings. The number of ether oxygens (including phenoxy) is 1. The Morgan fingerprint density at radius 2 is 1.83 bits per heavy atom. The van der Waals surface area contributed by atoms with E-state index in [0.29, 0.717) is 0 Å². The monoisotopic (exact) mass is 322 g/mol. The molecule has 1 aromatic rings. The number of nitrogens with one attached hydrogen (secondary N) is 2. The highest BCUT2D eigenvalue weighted by molar-refractivity contribution is 5.85. The quantitative estimate of drug-likeness (QED) is 0.765. The molecule has 23 heavy (non-hydrogen) atoms. The van der Waals surface area contributed by atoms with Crippen molar-refractivity contribution in [3.8, 4) is 0 Å². The summed E-state index contributed by atoms with van der Waals surface area (Å²) in [6.45, 7) is 2.92. The van der Waals surface area contributed by atoms with Crippen molar-refractivity contribution < 1.29 is 24.2 Å². The first kappa shape index (κ1) is 18.5. The van der Waals surface area contributed by atoms with Crippen molar-refractivity contribution in [3.63, 3.8) is 0 Å². The van der Waals surface area contributed by atoms with Gasteiger partial charge in [-0.1, -0.05) is 30.3 Å². The molecule has 126 valence electrons. The van der Waals surface area contributed by atoms with Crippen LogP contribution in [0.1, 0.15) is 32.3 Å². The van der Waals surface area contributed by atoms with Gasteiger partial charge in [0.25, 0.3) is 5.97 Å². The molecular formula is C16H22N2O5. The molecule has 0 radical (unpaired) electrons. The Morgan fingerprint density at radius 3 is 2.35 bits per heavy atom. The average Bonchev–Trinajstić information content (AvgIpc) is 3.29. The molecule has 7 heteroatoms. The summed E-state index contributed by atoms with van der Waals surface area (Å²) in [6.07, 6.45) is 1.47. The number of alkyl carbamates (subject to hydrolysis) is 1. The van der Waals surface area contributed by atoms with Gasteiger partial charge in [-0.25, -0.2) is 4.79 Å². The van der Waals surface area contributed by atoms with Gasteiger partial charge in [-0.05, 0) is 25.3 Å². The second-order valence-electron chi connectivity index (χ2n) is 5.23. The standard InChI is InChI=1S/C14H18N2O3.C2H4O2/c1-10(13(17)16-12-7-8-12)15-14(18)19-9-11-5-3-2-4-6-11;1-2(3)4/h2-6,10,12H,7-9H2,1H3,(H,15,18)(H,16,17);1H3,(H,3,4). The Kier molecular flexibility index (Phi) is 7.59. The van der Waals surface area contributed by atoms with Crippen LogP contribution in [0, 0.1) is 0 Å². The lowest BCUT2D eigenvalue weighted by molar-refractivity contribution is -0.134. The number of hydrogen-bond donors (Lipinski definition) is 3. The Hall–Kier alpha value is -2.57. The van der Waals surface area contributed by atoms with Gasteiger partial charge in [-0.2, -0.15) is 0 Å². The average molecular weight is 322 g/mol. The number of aliphatic carboxylic acids is 1. The Morgan fingerprint density at radius 1 is 1.26 bits per heavy atom. The fourth-order valence-electron chi connectivity index (χ4n) is 1.56. The normalized spacial score (nSPS) is 13.8. The minimum Gasteiger partial charge on any atom is -0.481 e. The number of carbonyl (C=O) groups is 3. The van der Waals surface area contributed by atoms with Crippen molar-refractivity contribution in [2.24, 2.45) is 0 Å². The van der Waals surface area contributed by atoms with Crippen LogP contribution in [0.4, 0.5) is 4.79 Å². The molecule has 1 aliphatic carbocycles. The lowest BCUT2D eigenvalue weighted by Gasteiger charge is -2.13. The van der Waals surface area contributed by atoms with E-state index in [1.165, 1.54) is 0 Å². The molecule has 2 amide bonds. The SMILES string of the molecule is CC(=O)O.CC(NC(=O)OCc1ccccc1)C(=O)NC1CC1. The van der Waals surface area contributed by atoms with Gasteiger partial charge in [-0.3, -0.25) is 9.59 Å². The summed E-state index contributed by atoms with van der Waals surface area (Å²) in [5, 5.41) is 12.8. The van der Waals surface area contributed by atoms with Gasteiger partial charge < -0.3 is 20.5 Å². The fraction of sp³-hybridized carbons (Fsp3) is 0.438. The zero-order valence-corrected chi connectivity index (χ0v) is 13.2. The van der Waals surface area contributed by atoms with Crippen LogP contribution in [0.25, 0.3) is 0 Å². The van der Waals surface area contributed by atoms with Crippen LogP contribution in [0.3, 0.4) is 0 Å². The summed E-state index contributed by atoms with van der Waals surface area (Å²) < 4.78 is 5.04. The molecule has 1 aromatic carbocycles. The number of carboxylic acid groups (broad SMARTS) is 1. The number of carbonyl (C=O) groups excluding carboxylic acids is 2. The van der Waals surface area contributed by atoms with Gasteiger partial charge in [-0.15, -0.1) is 0 Å². The summed E-state index contributed by atoms with van der Waals surface area (Å²) in [7, 11) is 0. The van der Waals surface area contributed by atoms with Crippen LogP contribution in [0.5, 0.6) is 0 Å². The van der Waals surface area contributed by atoms with Gasteiger partial charge in [0, 0.05) is 13.0 Å². The summed E-state index contributed by atoms with van der Waals surface area (Å²) in [5.41, 5.74) is 0.910. The molecule has 7 nitrogen and oxygen atoms in total. The fourth-order valence-corrected chi connectivity index (χ4v) is 1.56. The second kappa shape index (κ2) is 9.45.